The Morgan fingerprint density at radius 2 is 1.48 bits per heavy atom. The van der Waals surface area contributed by atoms with Crippen molar-refractivity contribution in [2.45, 2.75) is 0 Å². The van der Waals surface area contributed by atoms with Crippen LogP contribution >= 0.6 is 11.6 Å². The molecule has 1 aliphatic rings. The van der Waals surface area contributed by atoms with Crippen LogP contribution in [0.25, 0.3) is 6.08 Å². The molecule has 0 saturated carbocycles. The Morgan fingerprint density at radius 1 is 0.848 bits per heavy atom. The Kier molecular flexibility index (Phi) is 7.01. The summed E-state index contributed by atoms with van der Waals surface area (Å²) in [7, 11) is -3.66. The third-order valence-corrected chi connectivity index (χ3v) is 6.73. The van der Waals surface area contributed by atoms with Crippen LogP contribution in [0.5, 0.6) is 0 Å². The third-order valence-electron chi connectivity index (χ3n) is 5.39. The van der Waals surface area contributed by atoms with Gasteiger partial charge in [-0.05, 0) is 48.0 Å². The van der Waals surface area contributed by atoms with Crippen molar-refractivity contribution in [1.82, 2.24) is 4.90 Å². The van der Waals surface area contributed by atoms with Gasteiger partial charge in [0.2, 0.25) is 0 Å². The van der Waals surface area contributed by atoms with E-state index in [0.717, 1.165) is 16.7 Å². The van der Waals surface area contributed by atoms with Crippen molar-refractivity contribution in [2.75, 3.05) is 35.8 Å². The number of carbonyl (C=O) groups is 1. The highest BCUT2D eigenvalue weighted by Gasteiger charge is 2.23. The van der Waals surface area contributed by atoms with Crippen LogP contribution in [-0.4, -0.2) is 45.4 Å². The van der Waals surface area contributed by atoms with Gasteiger partial charge >= 0.3 is 0 Å². The van der Waals surface area contributed by atoms with Crippen molar-refractivity contribution in [3.05, 3.63) is 100 Å². The molecule has 0 aliphatic carbocycles. The van der Waals surface area contributed by atoms with Crippen LogP contribution in [0.4, 0.5) is 11.4 Å². The highest BCUT2D eigenvalue weighted by molar-refractivity contribution is 7.95. The first-order valence-electron chi connectivity index (χ1n) is 10.6. The summed E-state index contributed by atoms with van der Waals surface area (Å²) in [4.78, 5) is 16.9. The summed E-state index contributed by atoms with van der Waals surface area (Å²) >= 11 is 6.29. The lowest BCUT2D eigenvalue weighted by molar-refractivity contribution is 0.0747. The normalized spacial score (nSPS) is 14.5. The third kappa shape index (κ3) is 5.94. The Morgan fingerprint density at radius 3 is 2.15 bits per heavy atom. The fourth-order valence-electron chi connectivity index (χ4n) is 3.65. The van der Waals surface area contributed by atoms with Gasteiger partial charge in [0.1, 0.15) is 0 Å². The summed E-state index contributed by atoms with van der Waals surface area (Å²) < 4.78 is 27.2. The maximum Gasteiger partial charge on any atom is 0.255 e. The molecule has 8 heteroatoms. The molecule has 0 bridgehead atoms. The highest BCUT2D eigenvalue weighted by atomic mass is 35.5. The van der Waals surface area contributed by atoms with E-state index in [1.807, 2.05) is 54.6 Å². The van der Waals surface area contributed by atoms with Gasteiger partial charge in [0, 0.05) is 37.4 Å². The summed E-state index contributed by atoms with van der Waals surface area (Å²) in [6.45, 7) is 2.56. The van der Waals surface area contributed by atoms with E-state index < -0.39 is 10.0 Å². The number of hydrogen-bond acceptors (Lipinski definition) is 4. The molecule has 33 heavy (non-hydrogen) atoms. The Bertz CT molecular complexity index is 1240. The number of halogens is 1. The van der Waals surface area contributed by atoms with Crippen LogP contribution in [0.15, 0.2) is 84.3 Å². The van der Waals surface area contributed by atoms with Crippen molar-refractivity contribution in [3.63, 3.8) is 0 Å². The minimum Gasteiger partial charge on any atom is -0.367 e. The number of carbonyl (C=O) groups excluding carboxylic acids is 1. The van der Waals surface area contributed by atoms with E-state index in [9.17, 15) is 13.2 Å². The van der Waals surface area contributed by atoms with Crippen LogP contribution in [0.3, 0.4) is 0 Å². The van der Waals surface area contributed by atoms with Gasteiger partial charge in [-0.2, -0.15) is 0 Å². The van der Waals surface area contributed by atoms with E-state index in [1.165, 1.54) is 6.08 Å². The standard InChI is InChI=1S/C25H24ClN3O3S/c26-23-8-4-5-9-24(23)28-15-17-29(18-16-28)25(30)21-10-12-22(13-11-21)27-33(31,32)19-14-20-6-2-1-3-7-20/h1-14,19,27H,15-18H2. The number of nitrogens with one attached hydrogen (secondary N) is 1. The number of rotatable bonds is 6. The maximum absolute atomic E-state index is 12.9. The molecule has 1 saturated heterocycles. The second-order valence-corrected chi connectivity index (χ2v) is 9.64. The van der Waals surface area contributed by atoms with Crippen LogP contribution in [-0.2, 0) is 10.0 Å². The first-order valence-corrected chi connectivity index (χ1v) is 12.5. The molecule has 0 atom stereocenters. The number of hydrogen-bond donors (Lipinski definition) is 1. The molecule has 0 spiro atoms. The number of anilines is 2. The second-order valence-electron chi connectivity index (χ2n) is 7.67. The van der Waals surface area contributed by atoms with E-state index in [0.29, 0.717) is 42.5 Å². The lowest BCUT2D eigenvalue weighted by Crippen LogP contribution is -2.48. The molecule has 1 aliphatic heterocycles. The van der Waals surface area contributed by atoms with Crippen LogP contribution in [0.1, 0.15) is 15.9 Å². The smallest absolute Gasteiger partial charge is 0.255 e. The molecule has 3 aromatic rings. The SMILES string of the molecule is O=C(c1ccc(NS(=O)(=O)C=Cc2ccccc2)cc1)N1CCN(c2ccccc2Cl)CC1. The molecular formula is C25H24ClN3O3S. The van der Waals surface area contributed by atoms with Crippen molar-refractivity contribution in [3.8, 4) is 0 Å². The quantitative estimate of drug-likeness (QED) is 0.553. The summed E-state index contributed by atoms with van der Waals surface area (Å²) in [6.07, 6.45) is 1.53. The van der Waals surface area contributed by atoms with Gasteiger partial charge in [-0.25, -0.2) is 8.42 Å². The van der Waals surface area contributed by atoms with Crippen molar-refractivity contribution >= 4 is 45.0 Å². The average molecular weight is 482 g/mol. The van der Waals surface area contributed by atoms with Gasteiger partial charge in [0.05, 0.1) is 16.1 Å². The Hall–Kier alpha value is -3.29. The van der Waals surface area contributed by atoms with Gasteiger partial charge in [-0.3, -0.25) is 9.52 Å². The molecule has 0 aromatic heterocycles. The number of benzene rings is 3. The lowest BCUT2D eigenvalue weighted by atomic mass is 10.1. The number of amides is 1. The minimum atomic E-state index is -3.66. The fourth-order valence-corrected chi connectivity index (χ4v) is 4.78. The second kappa shape index (κ2) is 10.1. The lowest BCUT2D eigenvalue weighted by Gasteiger charge is -2.36. The predicted molar refractivity (Wildman–Crippen MR) is 134 cm³/mol. The summed E-state index contributed by atoms with van der Waals surface area (Å²) in [5.74, 6) is -0.0767. The molecule has 0 unspecified atom stereocenters. The van der Waals surface area contributed by atoms with Gasteiger partial charge < -0.3 is 9.80 Å². The highest BCUT2D eigenvalue weighted by Crippen LogP contribution is 2.26. The van der Waals surface area contributed by atoms with Crippen molar-refractivity contribution in [1.29, 1.82) is 0 Å². The number of piperazine rings is 1. The van der Waals surface area contributed by atoms with Gasteiger partial charge in [0.15, 0.2) is 0 Å². The first-order chi connectivity index (χ1) is 15.9. The molecule has 1 fully saturated rings. The molecule has 3 aromatic carbocycles. The summed E-state index contributed by atoms with van der Waals surface area (Å²) in [5.41, 5.74) is 2.68. The first kappa shape index (κ1) is 22.9. The Labute approximate surface area is 199 Å². The largest absolute Gasteiger partial charge is 0.367 e. The van der Waals surface area contributed by atoms with Gasteiger partial charge in [-0.1, -0.05) is 54.1 Å². The zero-order valence-corrected chi connectivity index (χ0v) is 19.5. The zero-order valence-electron chi connectivity index (χ0n) is 17.9. The predicted octanol–water partition coefficient (Wildman–Crippen LogP) is 4.72. The van der Waals surface area contributed by atoms with Crippen molar-refractivity contribution in [2.24, 2.45) is 0 Å². The monoisotopic (exact) mass is 481 g/mol. The average Bonchev–Trinajstić information content (AvgIpc) is 2.84. The zero-order chi connectivity index (χ0) is 23.3. The van der Waals surface area contributed by atoms with E-state index in [-0.39, 0.29) is 5.91 Å². The van der Waals surface area contributed by atoms with Crippen LogP contribution in [0.2, 0.25) is 5.02 Å². The van der Waals surface area contributed by atoms with Crippen LogP contribution in [0, 0.1) is 0 Å². The molecule has 1 heterocycles. The number of nitrogens with zero attached hydrogens (tertiary/aromatic N) is 2. The van der Waals surface area contributed by atoms with E-state index in [4.69, 9.17) is 11.6 Å². The molecule has 170 valence electrons. The van der Waals surface area contributed by atoms with E-state index in [1.54, 1.807) is 29.2 Å². The minimum absolute atomic E-state index is 0.0767. The molecule has 0 radical (unpaired) electrons. The van der Waals surface area contributed by atoms with E-state index >= 15 is 0 Å². The van der Waals surface area contributed by atoms with Gasteiger partial charge in [0.25, 0.3) is 15.9 Å². The molecular weight excluding hydrogens is 458 g/mol. The molecule has 6 nitrogen and oxygen atoms in total. The maximum atomic E-state index is 12.9. The number of para-hydroxylation sites is 1. The summed E-state index contributed by atoms with van der Waals surface area (Å²) in [6, 6.07) is 23.4. The van der Waals surface area contributed by atoms with Crippen molar-refractivity contribution < 1.29 is 13.2 Å². The summed E-state index contributed by atoms with van der Waals surface area (Å²) in [5, 5.41) is 1.83. The molecule has 1 amide bonds. The van der Waals surface area contributed by atoms with Crippen LogP contribution < -0.4 is 9.62 Å². The Balaban J connectivity index is 1.35. The molecule has 1 N–H and O–H groups in total. The topological polar surface area (TPSA) is 69.7 Å². The molecule has 4 rings (SSSR count). The van der Waals surface area contributed by atoms with Gasteiger partial charge in [-0.15, -0.1) is 0 Å². The fraction of sp³-hybridized carbons (Fsp3) is 0.160. The van der Waals surface area contributed by atoms with E-state index in [2.05, 4.69) is 9.62 Å². The number of sulfonamides is 1.